The van der Waals surface area contributed by atoms with Gasteiger partial charge in [-0.05, 0) is 48.0 Å². The number of nitrogens with zero attached hydrogens (tertiary/aromatic N) is 4. The Morgan fingerprint density at radius 2 is 1.74 bits per heavy atom. The summed E-state index contributed by atoms with van der Waals surface area (Å²) in [5.41, 5.74) is 4.89. The summed E-state index contributed by atoms with van der Waals surface area (Å²) >= 11 is 1.24. The van der Waals surface area contributed by atoms with E-state index in [1.807, 2.05) is 59.2 Å². The van der Waals surface area contributed by atoms with Gasteiger partial charge in [0.05, 0.1) is 26.2 Å². The summed E-state index contributed by atoms with van der Waals surface area (Å²) in [6.07, 6.45) is 1.47. The number of hydrogen-bond acceptors (Lipinski definition) is 9. The van der Waals surface area contributed by atoms with Crippen LogP contribution in [0.5, 0.6) is 17.2 Å². The van der Waals surface area contributed by atoms with Crippen molar-refractivity contribution in [3.8, 4) is 34.3 Å². The first-order valence-electron chi connectivity index (χ1n) is 11.4. The fourth-order valence-electron chi connectivity index (χ4n) is 3.45. The minimum Gasteiger partial charge on any atom is -0.497 e. The van der Waals surface area contributed by atoms with Gasteiger partial charge in [0.1, 0.15) is 5.75 Å². The molecule has 194 valence electrons. The summed E-state index contributed by atoms with van der Waals surface area (Å²) in [7, 11) is 3.08. The Hall–Kier alpha value is -4.64. The van der Waals surface area contributed by atoms with Gasteiger partial charge in [0.25, 0.3) is 5.91 Å². The van der Waals surface area contributed by atoms with Crippen LogP contribution in [0.15, 0.2) is 83.1 Å². The Kier molecular flexibility index (Phi) is 8.73. The second-order valence-corrected chi connectivity index (χ2v) is 8.73. The molecule has 0 saturated carbocycles. The fourth-order valence-corrected chi connectivity index (χ4v) is 4.19. The molecule has 4 aromatic rings. The molecule has 1 heterocycles. The molecule has 3 aromatic carbocycles. The molecule has 11 heteroatoms. The molecule has 1 amide bonds. The lowest BCUT2D eigenvalue weighted by atomic mass is 10.2. The molecule has 0 fully saturated rings. The van der Waals surface area contributed by atoms with Crippen LogP contribution in [0, 0.1) is 0 Å². The van der Waals surface area contributed by atoms with Gasteiger partial charge in [0.15, 0.2) is 22.5 Å². The topological polar surface area (TPSA) is 117 Å². The number of aromatic nitrogens is 3. The van der Waals surface area contributed by atoms with Crippen molar-refractivity contribution in [2.75, 3.05) is 20.0 Å². The zero-order chi connectivity index (χ0) is 26.9. The normalized spacial score (nSPS) is 10.8. The second kappa shape index (κ2) is 12.5. The average molecular weight is 532 g/mol. The third-order valence-corrected chi connectivity index (χ3v) is 6.10. The quantitative estimate of drug-likeness (QED) is 0.107. The number of ether oxygens (including phenoxy) is 3. The zero-order valence-electron chi connectivity index (χ0n) is 21.0. The largest absolute Gasteiger partial charge is 0.497 e. The summed E-state index contributed by atoms with van der Waals surface area (Å²) in [4.78, 5) is 23.7. The Bertz CT molecular complexity index is 1440. The summed E-state index contributed by atoms with van der Waals surface area (Å²) < 4.78 is 17.5. The van der Waals surface area contributed by atoms with Gasteiger partial charge in [-0.1, -0.05) is 42.1 Å². The Morgan fingerprint density at radius 1 is 0.974 bits per heavy atom. The molecule has 38 heavy (non-hydrogen) atoms. The van der Waals surface area contributed by atoms with Crippen molar-refractivity contribution in [2.45, 2.75) is 12.1 Å². The number of amides is 1. The number of carbonyl (C=O) groups excluding carboxylic acids is 2. The lowest BCUT2D eigenvalue weighted by Crippen LogP contribution is -2.20. The average Bonchev–Trinajstić information content (AvgIpc) is 3.37. The van der Waals surface area contributed by atoms with Gasteiger partial charge in [0, 0.05) is 18.2 Å². The molecule has 0 bridgehead atoms. The molecule has 0 unspecified atom stereocenters. The van der Waals surface area contributed by atoms with E-state index in [4.69, 9.17) is 14.2 Å². The van der Waals surface area contributed by atoms with E-state index < -0.39 is 5.97 Å². The second-order valence-electron chi connectivity index (χ2n) is 7.79. The number of rotatable bonds is 10. The monoisotopic (exact) mass is 531 g/mol. The lowest BCUT2D eigenvalue weighted by Gasteiger charge is -2.11. The minimum absolute atomic E-state index is 0.0646. The van der Waals surface area contributed by atoms with Crippen LogP contribution in [0.25, 0.3) is 17.1 Å². The van der Waals surface area contributed by atoms with Gasteiger partial charge in [-0.15, -0.1) is 10.2 Å². The van der Waals surface area contributed by atoms with Crippen molar-refractivity contribution >= 4 is 29.9 Å². The number of nitrogens with one attached hydrogen (secondary N) is 1. The third-order valence-electron chi connectivity index (χ3n) is 5.17. The molecule has 4 rings (SSSR count). The zero-order valence-corrected chi connectivity index (χ0v) is 21.8. The van der Waals surface area contributed by atoms with Crippen molar-refractivity contribution in [2.24, 2.45) is 5.10 Å². The summed E-state index contributed by atoms with van der Waals surface area (Å²) in [6.45, 7) is 1.31. The third kappa shape index (κ3) is 6.56. The molecule has 1 N–H and O–H groups in total. The van der Waals surface area contributed by atoms with Crippen LogP contribution in [-0.4, -0.2) is 52.8 Å². The number of hydrogen-bond donors (Lipinski definition) is 1. The van der Waals surface area contributed by atoms with Crippen molar-refractivity contribution in [1.29, 1.82) is 0 Å². The Morgan fingerprint density at radius 3 is 2.42 bits per heavy atom. The van der Waals surface area contributed by atoms with Gasteiger partial charge in [-0.3, -0.25) is 14.2 Å². The standard InChI is InChI=1S/C27H25N5O5S/c1-18(33)37-23-14-9-19(15-24(23)36-3)16-28-29-25(34)17-38-27-31-30-26(20-7-5-4-6-8-20)32(27)21-10-12-22(35-2)13-11-21/h4-16H,17H2,1-3H3,(H,29,34)/b28-16+. The van der Waals surface area contributed by atoms with Crippen molar-refractivity contribution in [3.05, 3.63) is 78.4 Å². The molecular weight excluding hydrogens is 506 g/mol. The maximum absolute atomic E-state index is 12.5. The molecule has 0 radical (unpaired) electrons. The van der Waals surface area contributed by atoms with Crippen LogP contribution in [-0.2, 0) is 9.59 Å². The number of hydrazone groups is 1. The molecule has 0 aliphatic carbocycles. The fraction of sp³-hybridized carbons (Fsp3) is 0.148. The molecule has 0 aliphatic heterocycles. The predicted molar refractivity (Wildman–Crippen MR) is 144 cm³/mol. The van der Waals surface area contributed by atoms with E-state index >= 15 is 0 Å². The lowest BCUT2D eigenvalue weighted by molar-refractivity contribution is -0.132. The van der Waals surface area contributed by atoms with Crippen LogP contribution in [0.3, 0.4) is 0 Å². The number of methoxy groups -OCH3 is 2. The van der Waals surface area contributed by atoms with E-state index in [9.17, 15) is 9.59 Å². The Balaban J connectivity index is 1.45. The van der Waals surface area contributed by atoms with E-state index in [2.05, 4.69) is 20.7 Å². The van der Waals surface area contributed by atoms with Crippen LogP contribution in [0.4, 0.5) is 0 Å². The highest BCUT2D eigenvalue weighted by atomic mass is 32.2. The maximum Gasteiger partial charge on any atom is 0.308 e. The summed E-state index contributed by atoms with van der Waals surface area (Å²) in [5, 5.41) is 13.3. The minimum atomic E-state index is -0.451. The van der Waals surface area contributed by atoms with Gasteiger partial charge < -0.3 is 14.2 Å². The van der Waals surface area contributed by atoms with Crippen molar-refractivity contribution in [1.82, 2.24) is 20.2 Å². The number of carbonyl (C=O) groups is 2. The van der Waals surface area contributed by atoms with E-state index in [-0.39, 0.29) is 11.7 Å². The van der Waals surface area contributed by atoms with E-state index in [0.29, 0.717) is 28.0 Å². The molecule has 0 spiro atoms. The van der Waals surface area contributed by atoms with Gasteiger partial charge in [-0.25, -0.2) is 5.43 Å². The first-order chi connectivity index (χ1) is 18.5. The molecular formula is C27H25N5O5S. The van der Waals surface area contributed by atoms with E-state index in [1.54, 1.807) is 25.3 Å². The predicted octanol–water partition coefficient (Wildman–Crippen LogP) is 4.12. The molecule has 0 atom stereocenters. The SMILES string of the molecule is COc1ccc(-n2c(SCC(=O)N/N=C/c3ccc(OC(C)=O)c(OC)c3)nnc2-c2ccccc2)cc1. The van der Waals surface area contributed by atoms with Gasteiger partial charge >= 0.3 is 5.97 Å². The first kappa shape index (κ1) is 26.4. The van der Waals surface area contributed by atoms with E-state index in [0.717, 1.165) is 17.0 Å². The van der Waals surface area contributed by atoms with Gasteiger partial charge in [-0.2, -0.15) is 5.10 Å². The van der Waals surface area contributed by atoms with Crippen LogP contribution in [0.1, 0.15) is 12.5 Å². The smallest absolute Gasteiger partial charge is 0.308 e. The highest BCUT2D eigenvalue weighted by Gasteiger charge is 2.17. The molecule has 0 saturated heterocycles. The first-order valence-corrected chi connectivity index (χ1v) is 12.4. The highest BCUT2D eigenvalue weighted by molar-refractivity contribution is 7.99. The molecule has 10 nitrogen and oxygen atoms in total. The summed E-state index contributed by atoms with van der Waals surface area (Å²) in [6, 6.07) is 22.1. The van der Waals surface area contributed by atoms with Crippen molar-refractivity contribution < 1.29 is 23.8 Å². The Labute approximate surface area is 223 Å². The van der Waals surface area contributed by atoms with E-state index in [1.165, 1.54) is 32.0 Å². The molecule has 0 aliphatic rings. The summed E-state index contributed by atoms with van der Waals surface area (Å²) in [5.74, 6) is 1.35. The van der Waals surface area contributed by atoms with Crippen LogP contribution in [0.2, 0.25) is 0 Å². The van der Waals surface area contributed by atoms with Crippen LogP contribution < -0.4 is 19.6 Å². The number of thioether (sulfide) groups is 1. The highest BCUT2D eigenvalue weighted by Crippen LogP contribution is 2.29. The van der Waals surface area contributed by atoms with Crippen molar-refractivity contribution in [3.63, 3.8) is 0 Å². The maximum atomic E-state index is 12.5. The number of esters is 1. The van der Waals surface area contributed by atoms with Crippen LogP contribution >= 0.6 is 11.8 Å². The molecule has 1 aromatic heterocycles. The van der Waals surface area contributed by atoms with Gasteiger partial charge in [0.2, 0.25) is 0 Å². The number of benzene rings is 3.